The molecule has 0 unspecified atom stereocenters. The highest BCUT2D eigenvalue weighted by Gasteiger charge is 2.23. The van der Waals surface area contributed by atoms with E-state index in [2.05, 4.69) is 163 Å². The van der Waals surface area contributed by atoms with Crippen molar-refractivity contribution < 1.29 is 4.42 Å². The van der Waals surface area contributed by atoms with Gasteiger partial charge in [-0.1, -0.05) is 121 Å². The van der Waals surface area contributed by atoms with Crippen LogP contribution in [0, 0.1) is 0 Å². The molecule has 0 radical (unpaired) electrons. The van der Waals surface area contributed by atoms with E-state index >= 15 is 0 Å². The van der Waals surface area contributed by atoms with Crippen LogP contribution in [0.2, 0.25) is 0 Å². The molecule has 212 valence electrons. The second-order valence-electron chi connectivity index (χ2n) is 11.3. The Labute approximate surface area is 265 Å². The summed E-state index contributed by atoms with van der Waals surface area (Å²) in [7, 11) is 0. The number of anilines is 3. The van der Waals surface area contributed by atoms with E-state index in [9.17, 15) is 0 Å². The quantitative estimate of drug-likeness (QED) is 0.197. The van der Waals surface area contributed by atoms with Gasteiger partial charge in [0.05, 0.1) is 5.69 Å². The van der Waals surface area contributed by atoms with E-state index < -0.39 is 0 Å². The molecule has 0 fully saturated rings. The minimum absolute atomic E-state index is 0.874. The topological polar surface area (TPSA) is 16.4 Å². The van der Waals surface area contributed by atoms with Crippen LogP contribution in [0.15, 0.2) is 168 Å². The fourth-order valence-electron chi connectivity index (χ4n) is 6.58. The Morgan fingerprint density at radius 2 is 1.11 bits per heavy atom. The lowest BCUT2D eigenvalue weighted by Gasteiger charge is -2.26. The Morgan fingerprint density at radius 1 is 0.444 bits per heavy atom. The lowest BCUT2D eigenvalue weighted by molar-refractivity contribution is 0.669. The van der Waals surface area contributed by atoms with Gasteiger partial charge < -0.3 is 9.32 Å². The summed E-state index contributed by atoms with van der Waals surface area (Å²) in [6.45, 7) is 0. The molecule has 2 nitrogen and oxygen atoms in total. The third-order valence-electron chi connectivity index (χ3n) is 8.66. The zero-order chi connectivity index (χ0) is 29.7. The number of nitrogens with zero attached hydrogens (tertiary/aromatic N) is 1. The molecule has 0 spiro atoms. The van der Waals surface area contributed by atoms with Gasteiger partial charge in [0.15, 0.2) is 5.58 Å². The summed E-state index contributed by atoms with van der Waals surface area (Å²) < 4.78 is 9.34. The molecule has 0 aliphatic carbocycles. The molecule has 0 aliphatic heterocycles. The molecule has 0 amide bonds. The van der Waals surface area contributed by atoms with E-state index in [-0.39, 0.29) is 0 Å². The van der Waals surface area contributed by atoms with Crippen molar-refractivity contribution >= 4 is 70.5 Å². The van der Waals surface area contributed by atoms with Crippen LogP contribution < -0.4 is 4.90 Å². The molecule has 45 heavy (non-hydrogen) atoms. The van der Waals surface area contributed by atoms with Gasteiger partial charge in [0, 0.05) is 42.3 Å². The van der Waals surface area contributed by atoms with Gasteiger partial charge in [-0.2, -0.15) is 0 Å². The van der Waals surface area contributed by atoms with Crippen molar-refractivity contribution in [2.24, 2.45) is 0 Å². The van der Waals surface area contributed by atoms with E-state index in [0.29, 0.717) is 0 Å². The first-order valence-electron chi connectivity index (χ1n) is 15.2. The summed E-state index contributed by atoms with van der Waals surface area (Å²) in [6.07, 6.45) is 0. The Kier molecular flexibility index (Phi) is 6.03. The Hall–Kier alpha value is -5.64. The summed E-state index contributed by atoms with van der Waals surface area (Å²) in [5.74, 6) is 0. The molecule has 9 aromatic rings. The van der Waals surface area contributed by atoms with Crippen LogP contribution in [0.1, 0.15) is 0 Å². The number of rotatable bonds is 5. The van der Waals surface area contributed by atoms with Gasteiger partial charge in [-0.25, -0.2) is 0 Å². The number of para-hydroxylation sites is 1. The van der Waals surface area contributed by atoms with Crippen LogP contribution >= 0.6 is 11.3 Å². The van der Waals surface area contributed by atoms with Crippen LogP contribution in [0.25, 0.3) is 64.4 Å². The first kappa shape index (κ1) is 25.8. The van der Waals surface area contributed by atoms with Gasteiger partial charge in [0.25, 0.3) is 0 Å². The second kappa shape index (κ2) is 10.5. The minimum Gasteiger partial charge on any atom is -0.454 e. The maximum atomic E-state index is 6.78. The molecule has 2 heterocycles. The molecule has 9 rings (SSSR count). The number of furan rings is 1. The van der Waals surface area contributed by atoms with Crippen LogP contribution in [0.3, 0.4) is 0 Å². The third-order valence-corrected chi connectivity index (χ3v) is 9.80. The SMILES string of the molecule is c1ccc(-c2cccc(N(c3ccc4c(c3)sc3ccccc34)c3ccc(-c4ccccc4)c4c3oc3ccccc34)c2)cc1. The summed E-state index contributed by atoms with van der Waals surface area (Å²) >= 11 is 1.84. The predicted octanol–water partition coefficient (Wildman–Crippen LogP) is 12.8. The lowest BCUT2D eigenvalue weighted by Crippen LogP contribution is -2.10. The van der Waals surface area contributed by atoms with Crippen LogP contribution in [0.5, 0.6) is 0 Å². The molecule has 2 aromatic heterocycles. The van der Waals surface area contributed by atoms with Crippen molar-refractivity contribution in [3.8, 4) is 22.3 Å². The summed E-state index contributed by atoms with van der Waals surface area (Å²) in [5, 5.41) is 4.83. The van der Waals surface area contributed by atoms with Crippen molar-refractivity contribution in [3.63, 3.8) is 0 Å². The smallest absolute Gasteiger partial charge is 0.160 e. The Morgan fingerprint density at radius 3 is 1.96 bits per heavy atom. The van der Waals surface area contributed by atoms with Crippen LogP contribution in [-0.2, 0) is 0 Å². The van der Waals surface area contributed by atoms with Gasteiger partial charge >= 0.3 is 0 Å². The summed E-state index contributed by atoms with van der Waals surface area (Å²) in [4.78, 5) is 2.36. The number of hydrogen-bond acceptors (Lipinski definition) is 3. The first-order valence-corrected chi connectivity index (χ1v) is 16.0. The molecule has 7 aromatic carbocycles. The molecular weight excluding hydrogens is 567 g/mol. The first-order chi connectivity index (χ1) is 22.3. The Balaban J connectivity index is 1.33. The molecule has 0 N–H and O–H groups in total. The molecular formula is C42H27NOS. The number of fused-ring (bicyclic) bond motifs is 6. The van der Waals surface area contributed by atoms with E-state index in [1.165, 1.54) is 36.9 Å². The molecule has 3 heteroatoms. The van der Waals surface area contributed by atoms with Crippen molar-refractivity contribution in [1.82, 2.24) is 0 Å². The fraction of sp³-hybridized carbons (Fsp3) is 0. The van der Waals surface area contributed by atoms with Gasteiger partial charge in [-0.15, -0.1) is 11.3 Å². The molecule has 0 saturated carbocycles. The maximum Gasteiger partial charge on any atom is 0.160 e. The molecule has 0 atom stereocenters. The van der Waals surface area contributed by atoms with Crippen molar-refractivity contribution in [3.05, 3.63) is 164 Å². The Bertz CT molecular complexity index is 2490. The highest BCUT2D eigenvalue weighted by atomic mass is 32.1. The van der Waals surface area contributed by atoms with Crippen molar-refractivity contribution in [1.29, 1.82) is 0 Å². The van der Waals surface area contributed by atoms with E-state index in [1.807, 2.05) is 17.4 Å². The van der Waals surface area contributed by atoms with E-state index in [4.69, 9.17) is 4.42 Å². The van der Waals surface area contributed by atoms with Crippen LogP contribution in [0.4, 0.5) is 17.1 Å². The average Bonchev–Trinajstić information content (AvgIpc) is 3.68. The normalized spacial score (nSPS) is 11.6. The van der Waals surface area contributed by atoms with Gasteiger partial charge in [0.1, 0.15) is 5.58 Å². The van der Waals surface area contributed by atoms with E-state index in [0.717, 1.165) is 44.6 Å². The van der Waals surface area contributed by atoms with Gasteiger partial charge in [0.2, 0.25) is 0 Å². The van der Waals surface area contributed by atoms with Gasteiger partial charge in [-0.05, 0) is 64.7 Å². The summed E-state index contributed by atoms with van der Waals surface area (Å²) in [5.41, 5.74) is 9.62. The summed E-state index contributed by atoms with van der Waals surface area (Å²) in [6, 6.07) is 58.3. The standard InChI is InChI=1S/C42H27NOS/c1-3-12-28(13-4-1)30-16-11-17-31(26-30)43(32-22-23-35-34-18-8-10-21-39(34)45-40(35)27-32)37-25-24-33(29-14-5-2-6-15-29)41-36-19-7-9-20-38(36)44-42(37)41/h1-27H. The molecule has 0 saturated heterocycles. The highest BCUT2D eigenvalue weighted by Crippen LogP contribution is 2.47. The minimum atomic E-state index is 0.874. The average molecular weight is 594 g/mol. The van der Waals surface area contributed by atoms with Crippen molar-refractivity contribution in [2.45, 2.75) is 0 Å². The molecule has 0 aliphatic rings. The second-order valence-corrected chi connectivity index (χ2v) is 12.4. The number of hydrogen-bond donors (Lipinski definition) is 0. The zero-order valence-corrected chi connectivity index (χ0v) is 25.2. The predicted molar refractivity (Wildman–Crippen MR) is 192 cm³/mol. The monoisotopic (exact) mass is 593 g/mol. The molecule has 0 bridgehead atoms. The zero-order valence-electron chi connectivity index (χ0n) is 24.4. The highest BCUT2D eigenvalue weighted by molar-refractivity contribution is 7.25. The third kappa shape index (κ3) is 4.32. The number of thiophene rings is 1. The fourth-order valence-corrected chi connectivity index (χ4v) is 7.72. The van der Waals surface area contributed by atoms with Gasteiger partial charge in [-0.3, -0.25) is 0 Å². The largest absolute Gasteiger partial charge is 0.454 e. The maximum absolute atomic E-state index is 6.78. The van der Waals surface area contributed by atoms with Crippen LogP contribution in [-0.4, -0.2) is 0 Å². The number of benzene rings is 7. The van der Waals surface area contributed by atoms with E-state index in [1.54, 1.807) is 0 Å². The van der Waals surface area contributed by atoms with Crippen molar-refractivity contribution in [2.75, 3.05) is 4.90 Å². The lowest BCUT2D eigenvalue weighted by atomic mass is 9.98.